The predicted molar refractivity (Wildman–Crippen MR) is 119 cm³/mol. The molecule has 2 aromatic carbocycles. The quantitative estimate of drug-likeness (QED) is 0.435. The molecule has 0 bridgehead atoms. The van der Waals surface area contributed by atoms with E-state index in [1.165, 1.54) is 18.9 Å². The highest BCUT2D eigenvalue weighted by Gasteiger charge is 2.16. The molecule has 0 aliphatic heterocycles. The van der Waals surface area contributed by atoms with Crippen molar-refractivity contribution in [1.82, 2.24) is 10.1 Å². The Hall–Kier alpha value is -3.66. The molecule has 9 nitrogen and oxygen atoms in total. The zero-order valence-electron chi connectivity index (χ0n) is 17.3. The van der Waals surface area contributed by atoms with Crippen LogP contribution in [0, 0.1) is 6.92 Å². The van der Waals surface area contributed by atoms with Crippen molar-refractivity contribution in [2.45, 2.75) is 6.92 Å². The molecular weight excluding hydrogens is 420 g/mol. The summed E-state index contributed by atoms with van der Waals surface area (Å²) >= 11 is 1.18. The van der Waals surface area contributed by atoms with Gasteiger partial charge in [-0.25, -0.2) is 9.79 Å². The fourth-order valence-corrected chi connectivity index (χ4v) is 3.26. The zero-order chi connectivity index (χ0) is 22.4. The van der Waals surface area contributed by atoms with Gasteiger partial charge in [0.1, 0.15) is 10.8 Å². The zero-order valence-corrected chi connectivity index (χ0v) is 18.1. The summed E-state index contributed by atoms with van der Waals surface area (Å²) < 4.78 is 15.7. The monoisotopic (exact) mass is 440 g/mol. The summed E-state index contributed by atoms with van der Waals surface area (Å²) in [6.07, 6.45) is 0.431. The van der Waals surface area contributed by atoms with Crippen molar-refractivity contribution in [2.24, 2.45) is 9.98 Å². The van der Waals surface area contributed by atoms with Crippen LogP contribution in [-0.4, -0.2) is 52.6 Å². The Morgan fingerprint density at radius 3 is 2.35 bits per heavy atom. The Morgan fingerprint density at radius 2 is 1.81 bits per heavy atom. The molecule has 1 aromatic heterocycles. The summed E-state index contributed by atoms with van der Waals surface area (Å²) in [7, 11) is 3.07. The smallest absolute Gasteiger partial charge is 0.432 e. The molecule has 10 heteroatoms. The van der Waals surface area contributed by atoms with Crippen LogP contribution in [0.1, 0.15) is 11.5 Å². The van der Waals surface area contributed by atoms with E-state index in [-0.39, 0.29) is 5.04 Å². The topological polar surface area (TPSA) is 119 Å². The Bertz CT molecular complexity index is 1140. The highest BCUT2D eigenvalue weighted by Crippen LogP contribution is 2.29. The van der Waals surface area contributed by atoms with Gasteiger partial charge in [0.25, 0.3) is 0 Å². The summed E-state index contributed by atoms with van der Waals surface area (Å²) in [4.78, 5) is 23.8. The number of carbonyl (C=O) groups is 1. The van der Waals surface area contributed by atoms with Crippen LogP contribution in [0.4, 0.5) is 10.5 Å². The third-order valence-corrected chi connectivity index (χ3v) is 4.82. The molecule has 0 unspecified atom stereocenters. The van der Waals surface area contributed by atoms with Gasteiger partial charge in [0, 0.05) is 18.1 Å². The minimum Gasteiger partial charge on any atom is -0.493 e. The number of hydrogen-bond acceptors (Lipinski definition) is 8. The molecule has 0 spiro atoms. The number of ether oxygens (including phenoxy) is 2. The first kappa shape index (κ1) is 22.0. The largest absolute Gasteiger partial charge is 0.493 e. The lowest BCUT2D eigenvalue weighted by atomic mass is 10.1. The Balaban J connectivity index is 2.08. The SMILES string of the molecule is COc1ccc(C(=Nc2ccc(-c3noc(C)n3)cc2)C(=NC(=O)O)SC)cc1OC. The van der Waals surface area contributed by atoms with Gasteiger partial charge in [-0.3, -0.25) is 0 Å². The molecule has 160 valence electrons. The van der Waals surface area contributed by atoms with Crippen LogP contribution in [0.3, 0.4) is 0 Å². The molecule has 1 heterocycles. The normalized spacial score (nSPS) is 12.0. The molecule has 0 fully saturated rings. The van der Waals surface area contributed by atoms with Crippen molar-refractivity contribution in [3.05, 3.63) is 53.9 Å². The molecule has 3 rings (SSSR count). The van der Waals surface area contributed by atoms with Crippen LogP contribution < -0.4 is 9.47 Å². The minimum atomic E-state index is -1.31. The highest BCUT2D eigenvalue weighted by molar-refractivity contribution is 8.15. The molecule has 3 aromatic rings. The van der Waals surface area contributed by atoms with Crippen molar-refractivity contribution >= 4 is 34.3 Å². The lowest BCUT2D eigenvalue weighted by molar-refractivity contribution is 0.206. The number of hydrogen-bond donors (Lipinski definition) is 1. The highest BCUT2D eigenvalue weighted by atomic mass is 32.2. The summed E-state index contributed by atoms with van der Waals surface area (Å²) in [6, 6.07) is 12.4. The Kier molecular flexibility index (Phi) is 7.03. The standard InChI is InChI=1S/C21H20N4O5S/c1-12-22-19(25-30-12)13-5-8-15(9-6-13)23-18(20(31-4)24-21(26)27)14-7-10-16(28-2)17(11-14)29-3/h5-11H,1-4H3,(H,26,27). The van der Waals surface area contributed by atoms with Gasteiger partial charge in [0.15, 0.2) is 11.5 Å². The minimum absolute atomic E-state index is 0.248. The Morgan fingerprint density at radius 1 is 1.10 bits per heavy atom. The maximum Gasteiger partial charge on any atom is 0.432 e. The van der Waals surface area contributed by atoms with E-state index in [0.717, 1.165) is 5.56 Å². The van der Waals surface area contributed by atoms with E-state index >= 15 is 0 Å². The average molecular weight is 440 g/mol. The molecule has 1 N–H and O–H groups in total. The number of aryl methyl sites for hydroxylation is 1. The summed E-state index contributed by atoms with van der Waals surface area (Å²) in [6.45, 7) is 1.72. The maximum atomic E-state index is 11.3. The van der Waals surface area contributed by atoms with E-state index in [1.54, 1.807) is 50.6 Å². The second-order valence-electron chi connectivity index (χ2n) is 6.12. The Labute approximate surface area is 182 Å². The first-order chi connectivity index (χ1) is 14.9. The molecule has 0 saturated heterocycles. The number of nitrogens with zero attached hydrogens (tertiary/aromatic N) is 4. The third-order valence-electron chi connectivity index (χ3n) is 4.14. The van der Waals surface area contributed by atoms with Crippen molar-refractivity contribution in [2.75, 3.05) is 20.5 Å². The molecule has 0 radical (unpaired) electrons. The van der Waals surface area contributed by atoms with Crippen molar-refractivity contribution < 1.29 is 23.9 Å². The van der Waals surface area contributed by atoms with Crippen LogP contribution in [0.5, 0.6) is 11.5 Å². The van der Waals surface area contributed by atoms with Crippen LogP contribution >= 0.6 is 11.8 Å². The number of carboxylic acid groups (broad SMARTS) is 1. The fourth-order valence-electron chi connectivity index (χ4n) is 2.73. The van der Waals surface area contributed by atoms with Gasteiger partial charge in [-0.2, -0.15) is 9.98 Å². The van der Waals surface area contributed by atoms with Gasteiger partial charge in [-0.1, -0.05) is 5.16 Å². The first-order valence-electron chi connectivity index (χ1n) is 9.03. The van der Waals surface area contributed by atoms with Crippen LogP contribution in [0.25, 0.3) is 11.4 Å². The van der Waals surface area contributed by atoms with Crippen molar-refractivity contribution in [3.8, 4) is 22.9 Å². The van der Waals surface area contributed by atoms with Crippen molar-refractivity contribution in [1.29, 1.82) is 0 Å². The maximum absolute atomic E-state index is 11.3. The van der Waals surface area contributed by atoms with Crippen LogP contribution in [0.2, 0.25) is 0 Å². The molecule has 31 heavy (non-hydrogen) atoms. The lowest BCUT2D eigenvalue weighted by Crippen LogP contribution is -2.14. The molecule has 0 saturated carbocycles. The number of benzene rings is 2. The number of aromatic nitrogens is 2. The number of aliphatic imine (C=N–C) groups is 2. The molecule has 0 aliphatic carbocycles. The molecule has 1 amide bonds. The number of amides is 1. The number of methoxy groups -OCH3 is 2. The predicted octanol–water partition coefficient (Wildman–Crippen LogP) is 4.62. The van der Waals surface area contributed by atoms with Gasteiger partial charge < -0.3 is 19.1 Å². The lowest BCUT2D eigenvalue weighted by Gasteiger charge is -2.12. The van der Waals surface area contributed by atoms with Gasteiger partial charge in [-0.15, -0.1) is 11.8 Å². The fraction of sp³-hybridized carbons (Fsp3) is 0.190. The second kappa shape index (κ2) is 9.90. The van der Waals surface area contributed by atoms with E-state index in [9.17, 15) is 9.90 Å². The number of rotatable bonds is 6. The van der Waals surface area contributed by atoms with Crippen LogP contribution in [-0.2, 0) is 0 Å². The van der Waals surface area contributed by atoms with Crippen LogP contribution in [0.15, 0.2) is 57.0 Å². The summed E-state index contributed by atoms with van der Waals surface area (Å²) in [5.74, 6) is 1.99. The van der Waals surface area contributed by atoms with Crippen molar-refractivity contribution in [3.63, 3.8) is 0 Å². The first-order valence-corrected chi connectivity index (χ1v) is 10.3. The van der Waals surface area contributed by atoms with Gasteiger partial charge in [-0.05, 0) is 48.7 Å². The number of thioether (sulfide) groups is 1. The molecule has 0 atom stereocenters. The van der Waals surface area contributed by atoms with E-state index in [4.69, 9.17) is 14.0 Å². The third kappa shape index (κ3) is 5.28. The molecule has 0 aliphatic rings. The van der Waals surface area contributed by atoms with Gasteiger partial charge >= 0.3 is 6.09 Å². The van der Waals surface area contributed by atoms with E-state index in [2.05, 4.69) is 20.1 Å². The molecular formula is C21H20N4O5S. The van der Waals surface area contributed by atoms with E-state index in [0.29, 0.717) is 40.2 Å². The summed E-state index contributed by atoms with van der Waals surface area (Å²) in [5, 5.41) is 13.3. The van der Waals surface area contributed by atoms with Gasteiger partial charge in [0.2, 0.25) is 11.7 Å². The summed E-state index contributed by atoms with van der Waals surface area (Å²) in [5.41, 5.74) is 2.39. The van der Waals surface area contributed by atoms with E-state index < -0.39 is 6.09 Å². The van der Waals surface area contributed by atoms with Gasteiger partial charge in [0.05, 0.1) is 19.9 Å². The average Bonchev–Trinajstić information content (AvgIpc) is 3.22. The second-order valence-corrected chi connectivity index (χ2v) is 6.91. The van der Waals surface area contributed by atoms with E-state index in [1.807, 2.05) is 12.1 Å².